The number of aryl methyl sites for hydroxylation is 1. The van der Waals surface area contributed by atoms with Gasteiger partial charge in [-0.1, -0.05) is 24.6 Å². The Balaban J connectivity index is 1.58. The number of rotatable bonds is 4. The minimum atomic E-state index is -3.76. The number of anilines is 1. The van der Waals surface area contributed by atoms with Gasteiger partial charge in [0.05, 0.1) is 10.5 Å². The van der Waals surface area contributed by atoms with Gasteiger partial charge in [-0.25, -0.2) is 8.42 Å². The van der Waals surface area contributed by atoms with E-state index in [1.54, 1.807) is 24.3 Å². The Labute approximate surface area is 181 Å². The molecule has 4 rings (SSSR count). The number of sulfonamides is 1. The van der Waals surface area contributed by atoms with E-state index in [0.717, 1.165) is 35.3 Å². The van der Waals surface area contributed by atoms with Gasteiger partial charge in [0, 0.05) is 11.4 Å². The third kappa shape index (κ3) is 3.78. The molecule has 2 heterocycles. The molecule has 1 saturated heterocycles. The molecule has 1 amide bonds. The highest BCUT2D eigenvalue weighted by Gasteiger charge is 2.40. The van der Waals surface area contributed by atoms with E-state index in [9.17, 15) is 18.5 Å². The third-order valence-electron chi connectivity index (χ3n) is 5.99. The highest BCUT2D eigenvalue weighted by Crippen LogP contribution is 2.39. The SMILES string of the molecule is Cc1ccc(S(=O)(=O)N2CCCC2C(=O)Nc2sc3c(c2C#N)CCC(C)C3)cc1. The fourth-order valence-corrected chi connectivity index (χ4v) is 7.31. The van der Waals surface area contributed by atoms with Crippen molar-refractivity contribution < 1.29 is 13.2 Å². The summed E-state index contributed by atoms with van der Waals surface area (Å²) in [6, 6.07) is 8.17. The quantitative estimate of drug-likeness (QED) is 0.777. The number of benzene rings is 1. The summed E-state index contributed by atoms with van der Waals surface area (Å²) in [5.74, 6) is 0.211. The molecule has 2 atom stereocenters. The normalized spacial score (nSPS) is 21.8. The van der Waals surface area contributed by atoms with Crippen LogP contribution in [0.15, 0.2) is 29.2 Å². The van der Waals surface area contributed by atoms with Crippen LogP contribution in [0.25, 0.3) is 0 Å². The lowest BCUT2D eigenvalue weighted by molar-refractivity contribution is -0.119. The molecule has 1 fully saturated rings. The molecular weight excluding hydrogens is 418 g/mol. The van der Waals surface area contributed by atoms with Crippen molar-refractivity contribution in [3.05, 3.63) is 45.8 Å². The van der Waals surface area contributed by atoms with E-state index >= 15 is 0 Å². The Morgan fingerprint density at radius 2 is 2.00 bits per heavy atom. The zero-order chi connectivity index (χ0) is 21.5. The number of hydrogen-bond acceptors (Lipinski definition) is 5. The van der Waals surface area contributed by atoms with Crippen molar-refractivity contribution in [1.82, 2.24) is 4.31 Å². The molecule has 158 valence electrons. The predicted octanol–water partition coefficient (Wildman–Crippen LogP) is 3.84. The van der Waals surface area contributed by atoms with Gasteiger partial charge in [0.25, 0.3) is 0 Å². The summed E-state index contributed by atoms with van der Waals surface area (Å²) in [5, 5.41) is 13.1. The monoisotopic (exact) mass is 443 g/mol. The van der Waals surface area contributed by atoms with E-state index in [0.29, 0.717) is 35.9 Å². The van der Waals surface area contributed by atoms with Gasteiger partial charge in [-0.15, -0.1) is 11.3 Å². The van der Waals surface area contributed by atoms with Crippen LogP contribution in [0.3, 0.4) is 0 Å². The van der Waals surface area contributed by atoms with E-state index in [-0.39, 0.29) is 10.8 Å². The molecule has 0 bridgehead atoms. The molecule has 1 N–H and O–H groups in total. The molecule has 2 aromatic rings. The number of carbonyl (C=O) groups is 1. The molecule has 2 aliphatic rings. The van der Waals surface area contributed by atoms with E-state index in [4.69, 9.17) is 0 Å². The lowest BCUT2D eigenvalue weighted by Gasteiger charge is -2.23. The first kappa shape index (κ1) is 21.0. The van der Waals surface area contributed by atoms with Crippen LogP contribution < -0.4 is 5.32 Å². The van der Waals surface area contributed by atoms with Crippen LogP contribution in [-0.4, -0.2) is 31.2 Å². The van der Waals surface area contributed by atoms with Gasteiger partial charge in [-0.3, -0.25) is 4.79 Å². The molecule has 30 heavy (non-hydrogen) atoms. The molecule has 1 aliphatic heterocycles. The van der Waals surface area contributed by atoms with Crippen LogP contribution in [0.5, 0.6) is 0 Å². The highest BCUT2D eigenvalue weighted by molar-refractivity contribution is 7.89. The van der Waals surface area contributed by atoms with Crippen molar-refractivity contribution in [2.75, 3.05) is 11.9 Å². The number of hydrogen-bond donors (Lipinski definition) is 1. The van der Waals surface area contributed by atoms with Crippen LogP contribution in [0.2, 0.25) is 0 Å². The number of fused-ring (bicyclic) bond motifs is 1. The van der Waals surface area contributed by atoms with Gasteiger partial charge in [-0.2, -0.15) is 9.57 Å². The number of amides is 1. The summed E-state index contributed by atoms with van der Waals surface area (Å²) in [4.78, 5) is 14.4. The maximum Gasteiger partial charge on any atom is 0.243 e. The summed E-state index contributed by atoms with van der Waals surface area (Å²) in [6.07, 6.45) is 3.91. The fraction of sp³-hybridized carbons (Fsp3) is 0.455. The van der Waals surface area contributed by atoms with Gasteiger partial charge >= 0.3 is 0 Å². The predicted molar refractivity (Wildman–Crippen MR) is 117 cm³/mol. The smallest absolute Gasteiger partial charge is 0.243 e. The Hall–Kier alpha value is -2.21. The first-order valence-electron chi connectivity index (χ1n) is 10.2. The van der Waals surface area contributed by atoms with Gasteiger partial charge in [0.2, 0.25) is 15.9 Å². The van der Waals surface area contributed by atoms with E-state index in [2.05, 4.69) is 18.3 Å². The largest absolute Gasteiger partial charge is 0.315 e. The molecule has 2 unspecified atom stereocenters. The van der Waals surface area contributed by atoms with E-state index < -0.39 is 16.1 Å². The lowest BCUT2D eigenvalue weighted by Crippen LogP contribution is -2.43. The van der Waals surface area contributed by atoms with Crippen molar-refractivity contribution in [2.24, 2.45) is 5.92 Å². The average Bonchev–Trinajstić information content (AvgIpc) is 3.32. The van der Waals surface area contributed by atoms with Gasteiger partial charge in [-0.05, 0) is 62.6 Å². The Kier molecular flexibility index (Phi) is 5.71. The Bertz CT molecular complexity index is 1110. The first-order chi connectivity index (χ1) is 14.3. The molecule has 0 spiro atoms. The number of nitrogens with zero attached hydrogens (tertiary/aromatic N) is 2. The van der Waals surface area contributed by atoms with Crippen molar-refractivity contribution in [1.29, 1.82) is 5.26 Å². The van der Waals surface area contributed by atoms with Gasteiger partial charge in [0.1, 0.15) is 17.1 Å². The number of nitrogens with one attached hydrogen (secondary N) is 1. The van der Waals surface area contributed by atoms with Crippen LogP contribution in [0.1, 0.15) is 47.8 Å². The van der Waals surface area contributed by atoms with Crippen molar-refractivity contribution >= 4 is 32.3 Å². The zero-order valence-corrected chi connectivity index (χ0v) is 18.8. The molecule has 0 saturated carbocycles. The molecule has 6 nitrogen and oxygen atoms in total. The summed E-state index contributed by atoms with van der Waals surface area (Å²) in [7, 11) is -3.76. The summed E-state index contributed by atoms with van der Waals surface area (Å²) < 4.78 is 27.6. The number of nitriles is 1. The lowest BCUT2D eigenvalue weighted by atomic mass is 9.88. The van der Waals surface area contributed by atoms with Crippen molar-refractivity contribution in [2.45, 2.75) is 56.9 Å². The summed E-state index contributed by atoms with van der Waals surface area (Å²) >= 11 is 1.46. The molecule has 1 aromatic carbocycles. The van der Waals surface area contributed by atoms with Crippen molar-refractivity contribution in [3.8, 4) is 6.07 Å². The maximum absolute atomic E-state index is 13.1. The topological polar surface area (TPSA) is 90.3 Å². The zero-order valence-electron chi connectivity index (χ0n) is 17.1. The van der Waals surface area contributed by atoms with E-state index in [1.165, 1.54) is 15.6 Å². The Morgan fingerprint density at radius 3 is 2.70 bits per heavy atom. The van der Waals surface area contributed by atoms with E-state index in [1.807, 2.05) is 6.92 Å². The minimum absolute atomic E-state index is 0.200. The molecule has 1 aromatic heterocycles. The van der Waals surface area contributed by atoms with Gasteiger partial charge < -0.3 is 5.32 Å². The molecule has 0 radical (unpaired) electrons. The van der Waals surface area contributed by atoms with Crippen LogP contribution in [0, 0.1) is 24.2 Å². The second kappa shape index (κ2) is 8.14. The van der Waals surface area contributed by atoms with Crippen LogP contribution in [0.4, 0.5) is 5.00 Å². The fourth-order valence-electron chi connectivity index (χ4n) is 4.29. The average molecular weight is 444 g/mol. The molecule has 8 heteroatoms. The van der Waals surface area contributed by atoms with Gasteiger partial charge in [0.15, 0.2) is 0 Å². The second-order valence-electron chi connectivity index (χ2n) is 8.24. The van der Waals surface area contributed by atoms with Crippen LogP contribution >= 0.6 is 11.3 Å². The minimum Gasteiger partial charge on any atom is -0.315 e. The molecule has 1 aliphatic carbocycles. The highest BCUT2D eigenvalue weighted by atomic mass is 32.2. The summed E-state index contributed by atoms with van der Waals surface area (Å²) in [5.41, 5.74) is 2.57. The Morgan fingerprint density at radius 1 is 1.27 bits per heavy atom. The second-order valence-corrected chi connectivity index (χ2v) is 11.2. The third-order valence-corrected chi connectivity index (χ3v) is 9.09. The maximum atomic E-state index is 13.1. The van der Waals surface area contributed by atoms with Crippen LogP contribution in [-0.2, 0) is 27.7 Å². The van der Waals surface area contributed by atoms with Crippen molar-refractivity contribution in [3.63, 3.8) is 0 Å². The number of carbonyl (C=O) groups excluding carboxylic acids is 1. The molecular formula is C22H25N3O3S2. The first-order valence-corrected chi connectivity index (χ1v) is 12.5. The number of thiophene rings is 1. The standard InChI is InChI=1S/C22H25N3O3S2/c1-14-5-8-16(9-6-14)30(27,28)25-11-3-4-19(25)21(26)24-22-18(13-23)17-10-7-15(2)12-20(17)29-22/h5-6,8-9,15,19H,3-4,7,10-12H2,1-2H3,(H,24,26). The summed E-state index contributed by atoms with van der Waals surface area (Å²) in [6.45, 7) is 4.41.